The van der Waals surface area contributed by atoms with Gasteiger partial charge < -0.3 is 4.90 Å². The van der Waals surface area contributed by atoms with Crippen molar-refractivity contribution in [1.29, 1.82) is 0 Å². The quantitative estimate of drug-likeness (QED) is 0.304. The summed E-state index contributed by atoms with van der Waals surface area (Å²) in [5.41, 5.74) is 5.97. The SMILES string of the molecule is O=C1[C@@H]2[C@H](C(=O)N1c1ccc(Br)cc1)N(c1ccccc1)[C@@]13CCCC[C@@]21N=[N+](c1ccccc1)[N-]3. The Bertz CT molecular complexity index is 1400. The summed E-state index contributed by atoms with van der Waals surface area (Å²) in [6.45, 7) is 0. The molecule has 36 heavy (non-hydrogen) atoms. The van der Waals surface area contributed by atoms with Gasteiger partial charge >= 0.3 is 0 Å². The van der Waals surface area contributed by atoms with E-state index in [1.165, 1.54) is 4.90 Å². The van der Waals surface area contributed by atoms with E-state index in [2.05, 4.69) is 20.8 Å². The maximum atomic E-state index is 14.2. The van der Waals surface area contributed by atoms with Gasteiger partial charge in [0.25, 0.3) is 5.91 Å². The molecule has 4 atom stereocenters. The topological polar surface area (TPSA) is 70.1 Å². The Morgan fingerprint density at radius 2 is 1.50 bits per heavy atom. The predicted octanol–water partition coefficient (Wildman–Crippen LogP) is 5.94. The number of benzene rings is 3. The Balaban J connectivity index is 1.44. The van der Waals surface area contributed by atoms with Crippen LogP contribution in [0.1, 0.15) is 25.7 Å². The van der Waals surface area contributed by atoms with Crippen LogP contribution in [0.4, 0.5) is 17.1 Å². The fraction of sp³-hybridized carbons (Fsp3) is 0.286. The summed E-state index contributed by atoms with van der Waals surface area (Å²) in [7, 11) is 0. The fourth-order valence-corrected chi connectivity index (χ4v) is 7.00. The normalized spacial score (nSPS) is 30.5. The lowest BCUT2D eigenvalue weighted by molar-refractivity contribution is -0.457. The van der Waals surface area contributed by atoms with E-state index in [0.717, 1.165) is 35.1 Å². The van der Waals surface area contributed by atoms with Crippen molar-refractivity contribution >= 4 is 44.8 Å². The first-order valence-corrected chi connectivity index (χ1v) is 13.1. The lowest BCUT2D eigenvalue weighted by atomic mass is 9.68. The molecule has 3 aromatic carbocycles. The van der Waals surface area contributed by atoms with Crippen molar-refractivity contribution in [2.75, 3.05) is 9.80 Å². The minimum atomic E-state index is -0.821. The van der Waals surface area contributed by atoms with Crippen molar-refractivity contribution in [3.63, 3.8) is 0 Å². The van der Waals surface area contributed by atoms with E-state index >= 15 is 0 Å². The van der Waals surface area contributed by atoms with Crippen molar-refractivity contribution in [3.8, 4) is 0 Å². The van der Waals surface area contributed by atoms with Crippen LogP contribution in [0.2, 0.25) is 0 Å². The molecular weight excluding hydrogens is 518 g/mol. The predicted molar refractivity (Wildman–Crippen MR) is 139 cm³/mol. The Hall–Kier alpha value is -3.52. The van der Waals surface area contributed by atoms with Gasteiger partial charge in [0, 0.05) is 22.3 Å². The van der Waals surface area contributed by atoms with E-state index in [4.69, 9.17) is 10.5 Å². The molecule has 1 aliphatic carbocycles. The number of nitrogens with zero attached hydrogens (tertiary/aromatic N) is 5. The maximum Gasteiger partial charge on any atom is 0.257 e. The number of para-hydroxylation sites is 2. The lowest BCUT2D eigenvalue weighted by Crippen LogP contribution is -2.60. The molecule has 3 aromatic rings. The zero-order valence-corrected chi connectivity index (χ0v) is 21.1. The van der Waals surface area contributed by atoms with E-state index in [9.17, 15) is 9.59 Å². The second-order valence-electron chi connectivity index (χ2n) is 9.89. The van der Waals surface area contributed by atoms with Crippen LogP contribution in [-0.4, -0.2) is 33.9 Å². The number of hydrogen-bond donors (Lipinski definition) is 0. The summed E-state index contributed by atoms with van der Waals surface area (Å²) in [4.78, 5) is 33.6. The number of imide groups is 1. The average Bonchev–Trinajstić information content (AvgIpc) is 3.48. The third-order valence-electron chi connectivity index (χ3n) is 8.13. The number of hydrogen-bond acceptors (Lipinski definition) is 4. The Kier molecular flexibility index (Phi) is 4.67. The summed E-state index contributed by atoms with van der Waals surface area (Å²) in [6, 6.07) is 26.5. The second-order valence-corrected chi connectivity index (χ2v) is 10.8. The molecule has 1 saturated carbocycles. The van der Waals surface area contributed by atoms with Gasteiger partial charge in [-0.3, -0.25) is 9.59 Å². The number of amides is 2. The first kappa shape index (κ1) is 21.7. The van der Waals surface area contributed by atoms with Gasteiger partial charge in [-0.25, -0.2) is 10.0 Å². The van der Waals surface area contributed by atoms with Gasteiger partial charge in [0.1, 0.15) is 11.7 Å². The number of fused-ring (bicyclic) bond motifs is 1. The van der Waals surface area contributed by atoms with Crippen LogP contribution in [0.25, 0.3) is 5.43 Å². The number of anilines is 2. The summed E-state index contributed by atoms with van der Waals surface area (Å²) in [6.07, 6.45) is 3.35. The molecular formula is C28H24BrN5O2. The molecule has 0 radical (unpaired) electrons. The fourth-order valence-electron chi connectivity index (χ4n) is 6.74. The highest BCUT2D eigenvalue weighted by atomic mass is 79.9. The molecule has 8 heteroatoms. The van der Waals surface area contributed by atoms with Gasteiger partial charge in [0.05, 0.1) is 17.1 Å². The summed E-state index contributed by atoms with van der Waals surface area (Å²) in [5.74, 6) is -1.01. The molecule has 3 aliphatic heterocycles. The van der Waals surface area contributed by atoms with Crippen LogP contribution in [0.5, 0.6) is 0 Å². The minimum Gasteiger partial charge on any atom is -0.347 e. The van der Waals surface area contributed by atoms with Crippen LogP contribution in [0, 0.1) is 5.92 Å². The molecule has 0 aromatic heterocycles. The molecule has 3 fully saturated rings. The largest absolute Gasteiger partial charge is 0.347 e. The number of halogens is 1. The minimum absolute atomic E-state index is 0.189. The molecule has 7 rings (SSSR count). The van der Waals surface area contributed by atoms with E-state index in [1.54, 1.807) is 4.81 Å². The molecule has 4 aliphatic rings. The number of rotatable bonds is 3. The molecule has 7 nitrogen and oxygen atoms in total. The molecule has 0 unspecified atom stereocenters. The molecule has 2 amide bonds. The molecule has 0 bridgehead atoms. The molecule has 0 N–H and O–H groups in total. The third-order valence-corrected chi connectivity index (χ3v) is 8.66. The Morgan fingerprint density at radius 3 is 2.22 bits per heavy atom. The van der Waals surface area contributed by atoms with Gasteiger partial charge in [0.2, 0.25) is 11.6 Å². The van der Waals surface area contributed by atoms with Crippen molar-refractivity contribution in [1.82, 2.24) is 0 Å². The molecule has 2 saturated heterocycles. The van der Waals surface area contributed by atoms with Gasteiger partial charge in [-0.1, -0.05) is 65.2 Å². The number of carbonyl (C=O) groups excluding carboxylic acids is 2. The van der Waals surface area contributed by atoms with Gasteiger partial charge in [-0.15, -0.1) is 4.81 Å². The van der Waals surface area contributed by atoms with Gasteiger partial charge in [-0.05, 0) is 49.2 Å². The third kappa shape index (κ3) is 2.73. The first-order chi connectivity index (χ1) is 17.6. The molecule has 180 valence electrons. The molecule has 3 heterocycles. The van der Waals surface area contributed by atoms with Crippen LogP contribution in [0.15, 0.2) is 94.5 Å². The van der Waals surface area contributed by atoms with Gasteiger partial charge in [0.15, 0.2) is 0 Å². The Morgan fingerprint density at radius 1 is 0.833 bits per heavy atom. The van der Waals surface area contributed by atoms with E-state index in [-0.39, 0.29) is 11.8 Å². The second kappa shape index (κ2) is 7.74. The van der Waals surface area contributed by atoms with Crippen LogP contribution in [0.3, 0.4) is 0 Å². The van der Waals surface area contributed by atoms with Crippen molar-refractivity contribution in [2.24, 2.45) is 11.0 Å². The number of azo groups is 1. The smallest absolute Gasteiger partial charge is 0.257 e. The summed E-state index contributed by atoms with van der Waals surface area (Å²) in [5, 5.41) is 5.23. The first-order valence-electron chi connectivity index (χ1n) is 12.3. The average molecular weight is 542 g/mol. The van der Waals surface area contributed by atoms with Crippen molar-refractivity contribution in [2.45, 2.75) is 42.9 Å². The van der Waals surface area contributed by atoms with Crippen LogP contribution >= 0.6 is 15.9 Å². The van der Waals surface area contributed by atoms with E-state index < -0.39 is 23.2 Å². The highest BCUT2D eigenvalue weighted by Gasteiger charge is 2.77. The summed E-state index contributed by atoms with van der Waals surface area (Å²) >= 11 is 3.45. The zero-order valence-electron chi connectivity index (χ0n) is 19.5. The van der Waals surface area contributed by atoms with E-state index in [1.807, 2.05) is 84.9 Å². The van der Waals surface area contributed by atoms with Crippen molar-refractivity contribution < 1.29 is 14.4 Å². The van der Waals surface area contributed by atoms with Crippen LogP contribution in [-0.2, 0) is 9.59 Å². The standard InChI is InChI=1S/C28H24BrN5O2/c29-19-13-15-20(16-14-19)32-25(35)23-24(26(32)36)33(21-9-3-1-4-10-21)28-18-8-7-17-27(23,28)30-34(31-28)22-11-5-2-6-12-22/h1-6,9-16,23-24H,7-8,17-18H2/t23-,24+,27+,28-/m0/s1. The monoisotopic (exact) mass is 541 g/mol. The Labute approximate surface area is 217 Å². The maximum absolute atomic E-state index is 14.2. The van der Waals surface area contributed by atoms with Gasteiger partial charge in [-0.2, -0.15) is 5.43 Å². The number of carbonyl (C=O) groups is 2. The van der Waals surface area contributed by atoms with Crippen molar-refractivity contribution in [3.05, 3.63) is 94.8 Å². The highest BCUT2D eigenvalue weighted by molar-refractivity contribution is 9.10. The van der Waals surface area contributed by atoms with E-state index in [0.29, 0.717) is 12.1 Å². The lowest BCUT2D eigenvalue weighted by Gasteiger charge is -2.50. The zero-order chi connectivity index (χ0) is 24.5. The molecule has 0 spiro atoms. The highest BCUT2D eigenvalue weighted by Crippen LogP contribution is 2.65. The summed E-state index contributed by atoms with van der Waals surface area (Å²) < 4.78 is 0.893. The van der Waals surface area contributed by atoms with Crippen LogP contribution < -0.4 is 9.80 Å².